The Bertz CT molecular complexity index is 1110. The van der Waals surface area contributed by atoms with Crippen molar-refractivity contribution in [2.75, 3.05) is 13.7 Å². The molecule has 160 valence electrons. The minimum Gasteiger partial charge on any atom is -0.493 e. The molecule has 3 aromatic rings. The smallest absolute Gasteiger partial charge is 0.306 e. The second-order valence-corrected chi connectivity index (χ2v) is 8.22. The molecule has 0 amide bonds. The average molecular weight is 417 g/mol. The number of methoxy groups -OCH3 is 1. The van der Waals surface area contributed by atoms with E-state index in [2.05, 4.69) is 54.1 Å². The predicted molar refractivity (Wildman–Crippen MR) is 120 cm³/mol. The Balaban J connectivity index is 1.51. The molecule has 2 aromatic carbocycles. The quantitative estimate of drug-likeness (QED) is 0.535. The molecular formula is C26H28N2O3. The number of ether oxygens (including phenoxy) is 2. The van der Waals surface area contributed by atoms with Crippen molar-refractivity contribution in [3.63, 3.8) is 0 Å². The van der Waals surface area contributed by atoms with Crippen LogP contribution in [0.4, 0.5) is 0 Å². The van der Waals surface area contributed by atoms with E-state index in [1.54, 1.807) is 0 Å². The lowest BCUT2D eigenvalue weighted by atomic mass is 9.90. The highest BCUT2D eigenvalue weighted by Gasteiger charge is 2.26. The third-order valence-electron chi connectivity index (χ3n) is 6.14. The Morgan fingerprint density at radius 2 is 1.87 bits per heavy atom. The lowest BCUT2D eigenvalue weighted by Crippen LogP contribution is -2.09. The second-order valence-electron chi connectivity index (χ2n) is 8.22. The number of aromatic nitrogens is 2. The molecule has 0 fully saturated rings. The summed E-state index contributed by atoms with van der Waals surface area (Å²) in [5.41, 5.74) is 8.45. The fourth-order valence-electron chi connectivity index (χ4n) is 4.34. The minimum absolute atomic E-state index is 0.0788. The van der Waals surface area contributed by atoms with E-state index < -0.39 is 0 Å². The van der Waals surface area contributed by atoms with Gasteiger partial charge in [0.05, 0.1) is 20.1 Å². The van der Waals surface area contributed by atoms with Crippen LogP contribution in [0.25, 0.3) is 11.1 Å². The van der Waals surface area contributed by atoms with Crippen LogP contribution in [0.15, 0.2) is 42.7 Å². The van der Waals surface area contributed by atoms with Gasteiger partial charge in [0, 0.05) is 29.4 Å². The zero-order valence-electron chi connectivity index (χ0n) is 18.6. The SMILES string of the molecule is COC(=O)C[C@@H]1COc2cc(CCc3ccc(C)c(-c4cnc(C)nc4)c3C)ccc21. The Morgan fingerprint density at radius 3 is 2.61 bits per heavy atom. The summed E-state index contributed by atoms with van der Waals surface area (Å²) < 4.78 is 10.7. The van der Waals surface area contributed by atoms with Crippen molar-refractivity contribution in [3.8, 4) is 16.9 Å². The number of esters is 1. The molecule has 0 spiro atoms. The van der Waals surface area contributed by atoms with Gasteiger partial charge in [-0.25, -0.2) is 9.97 Å². The average Bonchev–Trinajstić information content (AvgIpc) is 3.16. The van der Waals surface area contributed by atoms with Crippen molar-refractivity contribution >= 4 is 5.97 Å². The van der Waals surface area contributed by atoms with Crippen molar-refractivity contribution in [2.45, 2.75) is 46.0 Å². The van der Waals surface area contributed by atoms with Gasteiger partial charge in [-0.05, 0) is 67.5 Å². The Morgan fingerprint density at radius 1 is 1.10 bits per heavy atom. The largest absolute Gasteiger partial charge is 0.493 e. The van der Waals surface area contributed by atoms with E-state index in [0.717, 1.165) is 35.5 Å². The molecular weight excluding hydrogens is 388 g/mol. The first-order chi connectivity index (χ1) is 15.0. The number of hydrogen-bond donors (Lipinski definition) is 0. The first-order valence-corrected chi connectivity index (χ1v) is 10.7. The van der Waals surface area contributed by atoms with Gasteiger partial charge in [0.1, 0.15) is 11.6 Å². The van der Waals surface area contributed by atoms with Gasteiger partial charge in [0.25, 0.3) is 0 Å². The van der Waals surface area contributed by atoms with Gasteiger partial charge in [-0.15, -0.1) is 0 Å². The molecule has 0 saturated heterocycles. The van der Waals surface area contributed by atoms with E-state index in [9.17, 15) is 4.79 Å². The summed E-state index contributed by atoms with van der Waals surface area (Å²) in [5.74, 6) is 1.55. The van der Waals surface area contributed by atoms with Crippen LogP contribution in [0.5, 0.6) is 5.75 Å². The highest BCUT2D eigenvalue weighted by atomic mass is 16.5. The van der Waals surface area contributed by atoms with E-state index in [1.807, 2.05) is 19.3 Å². The molecule has 31 heavy (non-hydrogen) atoms. The van der Waals surface area contributed by atoms with E-state index in [0.29, 0.717) is 13.0 Å². The highest BCUT2D eigenvalue weighted by Crippen LogP contribution is 2.37. The molecule has 1 atom stereocenters. The lowest BCUT2D eigenvalue weighted by Gasteiger charge is -2.15. The summed E-state index contributed by atoms with van der Waals surface area (Å²) in [4.78, 5) is 20.4. The van der Waals surface area contributed by atoms with Gasteiger partial charge >= 0.3 is 5.97 Å². The minimum atomic E-state index is -0.199. The third-order valence-corrected chi connectivity index (χ3v) is 6.14. The summed E-state index contributed by atoms with van der Waals surface area (Å²) >= 11 is 0. The predicted octanol–water partition coefficient (Wildman–Crippen LogP) is 4.89. The number of carbonyl (C=O) groups excluding carboxylic acids is 1. The number of rotatable bonds is 6. The molecule has 4 rings (SSSR count). The normalized spacial score (nSPS) is 14.8. The van der Waals surface area contributed by atoms with Crippen molar-refractivity contribution < 1.29 is 14.3 Å². The molecule has 5 heteroatoms. The van der Waals surface area contributed by atoms with Crippen LogP contribution >= 0.6 is 0 Å². The Labute approximate surface area is 183 Å². The summed E-state index contributed by atoms with van der Waals surface area (Å²) in [6.45, 7) is 6.75. The first kappa shape index (κ1) is 21.0. The standard InChI is InChI=1S/C26H28N2O3/c1-16-5-8-20(17(2)26(16)22-13-27-18(3)28-14-22)9-6-19-7-10-23-21(12-25(29)30-4)15-31-24(23)11-19/h5,7-8,10-11,13-14,21H,6,9,12,15H2,1-4H3/t21-/m1/s1. The monoisotopic (exact) mass is 416 g/mol. The van der Waals surface area contributed by atoms with Crippen LogP contribution in [0.3, 0.4) is 0 Å². The first-order valence-electron chi connectivity index (χ1n) is 10.7. The number of fused-ring (bicyclic) bond motifs is 1. The highest BCUT2D eigenvalue weighted by molar-refractivity contribution is 5.71. The maximum Gasteiger partial charge on any atom is 0.306 e. The van der Waals surface area contributed by atoms with E-state index in [1.165, 1.54) is 34.9 Å². The summed E-state index contributed by atoms with van der Waals surface area (Å²) in [7, 11) is 1.42. The second kappa shape index (κ2) is 8.88. The molecule has 1 aromatic heterocycles. The molecule has 1 aliphatic heterocycles. The van der Waals surface area contributed by atoms with Crippen LogP contribution in [-0.2, 0) is 22.4 Å². The molecule has 0 unspecified atom stereocenters. The number of carbonyl (C=O) groups is 1. The number of nitrogens with zero attached hydrogens (tertiary/aromatic N) is 2. The zero-order chi connectivity index (χ0) is 22.0. The molecule has 0 saturated carbocycles. The molecule has 5 nitrogen and oxygen atoms in total. The summed E-state index contributed by atoms with van der Waals surface area (Å²) in [6, 6.07) is 10.8. The number of hydrogen-bond acceptors (Lipinski definition) is 5. The Hall–Kier alpha value is -3.21. The van der Waals surface area contributed by atoms with Crippen molar-refractivity contribution in [3.05, 3.63) is 76.4 Å². The zero-order valence-corrected chi connectivity index (χ0v) is 18.6. The Kier molecular flexibility index (Phi) is 6.03. The van der Waals surface area contributed by atoms with Gasteiger partial charge in [-0.3, -0.25) is 4.79 Å². The maximum atomic E-state index is 11.6. The third kappa shape index (κ3) is 4.46. The van der Waals surface area contributed by atoms with Crippen LogP contribution in [-0.4, -0.2) is 29.7 Å². The molecule has 0 bridgehead atoms. The van der Waals surface area contributed by atoms with Crippen LogP contribution in [0.1, 0.15) is 46.0 Å². The fourth-order valence-corrected chi connectivity index (χ4v) is 4.34. The van der Waals surface area contributed by atoms with Gasteiger partial charge in [-0.1, -0.05) is 24.3 Å². The van der Waals surface area contributed by atoms with Crippen molar-refractivity contribution in [1.82, 2.24) is 9.97 Å². The number of aryl methyl sites for hydroxylation is 4. The fraction of sp³-hybridized carbons (Fsp3) is 0.346. The van der Waals surface area contributed by atoms with Gasteiger partial charge in [0.2, 0.25) is 0 Å². The lowest BCUT2D eigenvalue weighted by molar-refractivity contribution is -0.141. The molecule has 0 radical (unpaired) electrons. The molecule has 1 aliphatic rings. The van der Waals surface area contributed by atoms with Gasteiger partial charge in [0.15, 0.2) is 0 Å². The van der Waals surface area contributed by atoms with Gasteiger partial charge in [-0.2, -0.15) is 0 Å². The van der Waals surface area contributed by atoms with E-state index >= 15 is 0 Å². The summed E-state index contributed by atoms with van der Waals surface area (Å²) in [6.07, 6.45) is 6.03. The van der Waals surface area contributed by atoms with Crippen LogP contribution in [0.2, 0.25) is 0 Å². The maximum absolute atomic E-state index is 11.6. The molecule has 2 heterocycles. The van der Waals surface area contributed by atoms with Crippen LogP contribution < -0.4 is 4.74 Å². The van der Waals surface area contributed by atoms with Crippen molar-refractivity contribution in [2.24, 2.45) is 0 Å². The molecule has 0 N–H and O–H groups in total. The van der Waals surface area contributed by atoms with E-state index in [-0.39, 0.29) is 11.9 Å². The number of benzene rings is 2. The van der Waals surface area contributed by atoms with Crippen LogP contribution in [0, 0.1) is 20.8 Å². The summed E-state index contributed by atoms with van der Waals surface area (Å²) in [5, 5.41) is 0. The van der Waals surface area contributed by atoms with Gasteiger partial charge < -0.3 is 9.47 Å². The van der Waals surface area contributed by atoms with Crippen molar-refractivity contribution in [1.29, 1.82) is 0 Å². The van der Waals surface area contributed by atoms with E-state index in [4.69, 9.17) is 9.47 Å². The molecule has 0 aliphatic carbocycles. The topological polar surface area (TPSA) is 61.3 Å².